The molecule has 0 amide bonds. The van der Waals surface area contributed by atoms with Crippen LogP contribution in [0.2, 0.25) is 0 Å². The molecule has 0 saturated carbocycles. The molecule has 0 atom stereocenters. The summed E-state index contributed by atoms with van der Waals surface area (Å²) in [6, 6.07) is 8.02. The van der Waals surface area contributed by atoms with E-state index in [0.29, 0.717) is 5.75 Å². The van der Waals surface area contributed by atoms with Gasteiger partial charge in [-0.25, -0.2) is 0 Å². The number of hydrogen-bond acceptors (Lipinski definition) is 5. The minimum absolute atomic E-state index is 0.196. The van der Waals surface area contributed by atoms with Crippen molar-refractivity contribution in [1.29, 1.82) is 0 Å². The lowest BCUT2D eigenvalue weighted by atomic mass is 10.2. The highest BCUT2D eigenvalue weighted by atomic mass is 16.5. The lowest BCUT2D eigenvalue weighted by Gasteiger charge is -2.06. The van der Waals surface area contributed by atoms with Crippen LogP contribution in [0, 0.1) is 18.8 Å². The molecule has 0 unspecified atom stereocenters. The van der Waals surface area contributed by atoms with Crippen molar-refractivity contribution in [1.82, 2.24) is 15.0 Å². The van der Waals surface area contributed by atoms with Crippen molar-refractivity contribution in [2.24, 2.45) is 0 Å². The van der Waals surface area contributed by atoms with Crippen molar-refractivity contribution < 1.29 is 9.47 Å². The molecule has 0 aliphatic carbocycles. The number of aromatic nitrogens is 3. The lowest BCUT2D eigenvalue weighted by Crippen LogP contribution is -2.01. The maximum absolute atomic E-state index is 5.58. The summed E-state index contributed by atoms with van der Waals surface area (Å²) < 4.78 is 10.8. The van der Waals surface area contributed by atoms with E-state index in [1.165, 1.54) is 6.33 Å². The van der Waals surface area contributed by atoms with Gasteiger partial charge in [0.2, 0.25) is 0 Å². The topological polar surface area (TPSA) is 57.1 Å². The van der Waals surface area contributed by atoms with E-state index in [1.54, 1.807) is 6.92 Å². The van der Waals surface area contributed by atoms with Crippen LogP contribution >= 0.6 is 0 Å². The molecule has 0 fully saturated rings. The quantitative estimate of drug-likeness (QED) is 0.785. The Bertz CT molecular complexity index is 617. The molecule has 0 N–H and O–H groups in total. The normalized spacial score (nSPS) is 9.37. The first-order valence-corrected chi connectivity index (χ1v) is 5.74. The maximum atomic E-state index is 5.58. The Kier molecular flexibility index (Phi) is 4.29. The number of hydrogen-bond donors (Lipinski definition) is 0. The summed E-state index contributed by atoms with van der Waals surface area (Å²) in [6.45, 7) is 3.93. The molecule has 0 spiro atoms. The second-order valence-electron chi connectivity index (χ2n) is 3.63. The first kappa shape index (κ1) is 12.8. The highest BCUT2D eigenvalue weighted by Crippen LogP contribution is 2.21. The molecule has 5 nitrogen and oxygen atoms in total. The van der Waals surface area contributed by atoms with Crippen molar-refractivity contribution in [2.45, 2.75) is 13.8 Å². The predicted molar refractivity (Wildman–Crippen MR) is 70.0 cm³/mol. The van der Waals surface area contributed by atoms with E-state index >= 15 is 0 Å². The lowest BCUT2D eigenvalue weighted by molar-refractivity contribution is 0.326. The summed E-state index contributed by atoms with van der Waals surface area (Å²) in [5, 5.41) is 0. The van der Waals surface area contributed by atoms with Crippen molar-refractivity contribution in [2.75, 3.05) is 6.61 Å². The number of rotatable bonds is 4. The van der Waals surface area contributed by atoms with E-state index in [0.717, 1.165) is 5.56 Å². The van der Waals surface area contributed by atoms with Crippen LogP contribution < -0.4 is 9.47 Å². The fourth-order valence-corrected chi connectivity index (χ4v) is 1.33. The summed E-state index contributed by atoms with van der Waals surface area (Å²) in [7, 11) is 0. The second kappa shape index (κ2) is 6.36. The summed E-state index contributed by atoms with van der Waals surface area (Å²) in [6.07, 6.45) is 1.34. The highest BCUT2D eigenvalue weighted by molar-refractivity contribution is 5.33. The van der Waals surface area contributed by atoms with Crippen molar-refractivity contribution in [3.63, 3.8) is 0 Å². The van der Waals surface area contributed by atoms with Crippen molar-refractivity contribution in [3.8, 4) is 29.6 Å². The summed E-state index contributed by atoms with van der Waals surface area (Å²) in [5.74, 6) is 6.19. The maximum Gasteiger partial charge on any atom is 0.328 e. The van der Waals surface area contributed by atoms with Gasteiger partial charge in [-0.05, 0) is 25.5 Å². The number of benzene rings is 1. The fourth-order valence-electron chi connectivity index (χ4n) is 1.33. The molecule has 19 heavy (non-hydrogen) atoms. The number of aryl methyl sites for hydroxylation is 1. The van der Waals surface area contributed by atoms with Crippen molar-refractivity contribution in [3.05, 3.63) is 36.2 Å². The van der Waals surface area contributed by atoms with Crippen molar-refractivity contribution >= 4 is 0 Å². The molecular formula is C14H13N3O2. The van der Waals surface area contributed by atoms with Crippen LogP contribution in [0.3, 0.4) is 0 Å². The largest absolute Gasteiger partial charge is 0.450 e. The third kappa shape index (κ3) is 3.68. The van der Waals surface area contributed by atoms with Crippen LogP contribution in [-0.2, 0) is 0 Å². The molecular weight excluding hydrogens is 242 g/mol. The Labute approximate surface area is 111 Å². The molecule has 96 valence electrons. The van der Waals surface area contributed by atoms with E-state index in [1.807, 2.05) is 31.2 Å². The number of ether oxygens (including phenoxy) is 2. The third-order valence-corrected chi connectivity index (χ3v) is 2.27. The van der Waals surface area contributed by atoms with Gasteiger partial charge in [0.05, 0.1) is 0 Å². The summed E-state index contributed by atoms with van der Waals surface area (Å²) in [5.41, 5.74) is 1.00. The summed E-state index contributed by atoms with van der Waals surface area (Å²) >= 11 is 0. The molecule has 0 aliphatic rings. The molecule has 0 aliphatic heterocycles. The molecule has 1 aromatic carbocycles. The van der Waals surface area contributed by atoms with Crippen LogP contribution in [0.25, 0.3) is 0 Å². The van der Waals surface area contributed by atoms with Gasteiger partial charge in [0.25, 0.3) is 0 Å². The molecule has 5 heteroatoms. The number of nitrogens with zero attached hydrogens (tertiary/aromatic N) is 3. The van der Waals surface area contributed by atoms with Gasteiger partial charge in [0.15, 0.2) is 6.61 Å². The Hall–Kier alpha value is -2.61. The molecule has 0 saturated heterocycles. The van der Waals surface area contributed by atoms with Gasteiger partial charge >= 0.3 is 12.0 Å². The minimum atomic E-state index is 0.196. The average molecular weight is 255 g/mol. The minimum Gasteiger partial charge on any atom is -0.450 e. The third-order valence-electron chi connectivity index (χ3n) is 2.27. The predicted octanol–water partition coefficient (Wildman–Crippen LogP) is 2.37. The Balaban J connectivity index is 2.10. The first-order chi connectivity index (χ1) is 9.29. The van der Waals surface area contributed by atoms with E-state index in [2.05, 4.69) is 26.8 Å². The van der Waals surface area contributed by atoms with Gasteiger partial charge in [0.1, 0.15) is 12.1 Å². The van der Waals surface area contributed by atoms with E-state index in [4.69, 9.17) is 9.47 Å². The number of para-hydroxylation sites is 1. The molecule has 1 aromatic heterocycles. The molecule has 2 aromatic rings. The van der Waals surface area contributed by atoms with Crippen LogP contribution in [-0.4, -0.2) is 21.6 Å². The van der Waals surface area contributed by atoms with Gasteiger partial charge in [-0.3, -0.25) is 0 Å². The van der Waals surface area contributed by atoms with Gasteiger partial charge < -0.3 is 9.47 Å². The smallest absolute Gasteiger partial charge is 0.328 e. The second-order valence-corrected chi connectivity index (χ2v) is 3.63. The highest BCUT2D eigenvalue weighted by Gasteiger charge is 2.05. The molecule has 1 heterocycles. The zero-order valence-electron chi connectivity index (χ0n) is 10.8. The standard InChI is InChI=1S/C14H13N3O2/c1-3-4-9-18-13-15-10-16-14(17-13)19-12-8-6-5-7-11(12)2/h5-8,10H,9H2,1-2H3. The van der Waals surface area contributed by atoms with Crippen LogP contribution in [0.1, 0.15) is 12.5 Å². The first-order valence-electron chi connectivity index (χ1n) is 5.74. The Morgan fingerprint density at radius 1 is 1.16 bits per heavy atom. The monoisotopic (exact) mass is 255 g/mol. The van der Waals surface area contributed by atoms with Crippen LogP contribution in [0.15, 0.2) is 30.6 Å². The summed E-state index contributed by atoms with van der Waals surface area (Å²) in [4.78, 5) is 11.9. The van der Waals surface area contributed by atoms with E-state index in [-0.39, 0.29) is 18.6 Å². The van der Waals surface area contributed by atoms with Gasteiger partial charge in [-0.15, -0.1) is 10.9 Å². The zero-order valence-corrected chi connectivity index (χ0v) is 10.8. The van der Waals surface area contributed by atoms with Gasteiger partial charge in [-0.2, -0.15) is 9.97 Å². The Morgan fingerprint density at radius 2 is 1.95 bits per heavy atom. The Morgan fingerprint density at radius 3 is 2.74 bits per heavy atom. The molecule has 0 radical (unpaired) electrons. The van der Waals surface area contributed by atoms with Gasteiger partial charge in [0, 0.05) is 0 Å². The zero-order chi connectivity index (χ0) is 13.5. The van der Waals surface area contributed by atoms with Crippen LogP contribution in [0.4, 0.5) is 0 Å². The average Bonchev–Trinajstić information content (AvgIpc) is 2.42. The molecule has 0 bridgehead atoms. The fraction of sp³-hybridized carbons (Fsp3) is 0.214. The van der Waals surface area contributed by atoms with Crippen LogP contribution in [0.5, 0.6) is 17.8 Å². The van der Waals surface area contributed by atoms with E-state index in [9.17, 15) is 0 Å². The molecule has 2 rings (SSSR count). The van der Waals surface area contributed by atoms with E-state index < -0.39 is 0 Å². The SMILES string of the molecule is CC#CCOc1ncnc(Oc2ccccc2C)n1. The van der Waals surface area contributed by atoms with Gasteiger partial charge in [-0.1, -0.05) is 24.1 Å².